The Bertz CT molecular complexity index is 725. The molecule has 1 atom stereocenters. The van der Waals surface area contributed by atoms with Gasteiger partial charge in [0, 0.05) is 18.2 Å². The van der Waals surface area contributed by atoms with Gasteiger partial charge in [-0.25, -0.2) is 4.39 Å². The Morgan fingerprint density at radius 3 is 2.76 bits per heavy atom. The van der Waals surface area contributed by atoms with Gasteiger partial charge < -0.3 is 5.32 Å². The van der Waals surface area contributed by atoms with Crippen LogP contribution >= 0.6 is 0 Å². The highest BCUT2D eigenvalue weighted by Crippen LogP contribution is 2.25. The van der Waals surface area contributed by atoms with Crippen LogP contribution in [0.4, 0.5) is 15.8 Å². The Balaban J connectivity index is 2.26. The fourth-order valence-electron chi connectivity index (χ4n) is 1.93. The molecule has 0 amide bonds. The van der Waals surface area contributed by atoms with Crippen LogP contribution in [0.5, 0.6) is 0 Å². The Morgan fingerprint density at radius 1 is 1.33 bits per heavy atom. The third kappa shape index (κ3) is 3.34. The molecular formula is C15H12FN3O2. The Hall–Kier alpha value is -2.94. The molecule has 2 aromatic rings. The van der Waals surface area contributed by atoms with Crippen LogP contribution in [-0.4, -0.2) is 4.92 Å². The molecule has 0 aliphatic carbocycles. The highest BCUT2D eigenvalue weighted by molar-refractivity contribution is 5.53. The minimum Gasteiger partial charge on any atom is -0.376 e. The standard InChI is InChI=1S/C15H12FN3O2/c1-10(12-4-2-3-11(7-12)9-17)18-15-8-13(19(20)21)5-6-14(15)16/h2-8,10,18H,1H3. The smallest absolute Gasteiger partial charge is 0.271 e. The molecule has 0 aliphatic rings. The maximum atomic E-state index is 13.7. The maximum Gasteiger partial charge on any atom is 0.271 e. The van der Waals surface area contributed by atoms with Crippen LogP contribution in [0.1, 0.15) is 24.1 Å². The predicted molar refractivity (Wildman–Crippen MR) is 76.2 cm³/mol. The Kier molecular flexibility index (Phi) is 4.14. The molecular weight excluding hydrogens is 273 g/mol. The average molecular weight is 285 g/mol. The largest absolute Gasteiger partial charge is 0.376 e. The number of nitriles is 1. The number of hydrogen-bond acceptors (Lipinski definition) is 4. The van der Waals surface area contributed by atoms with E-state index in [4.69, 9.17) is 5.26 Å². The lowest BCUT2D eigenvalue weighted by molar-refractivity contribution is -0.384. The van der Waals surface area contributed by atoms with Gasteiger partial charge >= 0.3 is 0 Å². The SMILES string of the molecule is CC(Nc1cc([N+](=O)[O-])ccc1F)c1cccc(C#N)c1. The summed E-state index contributed by atoms with van der Waals surface area (Å²) in [4.78, 5) is 10.1. The van der Waals surface area contributed by atoms with Gasteiger partial charge in [-0.2, -0.15) is 5.26 Å². The van der Waals surface area contributed by atoms with E-state index in [1.807, 2.05) is 6.07 Å². The number of rotatable bonds is 4. The van der Waals surface area contributed by atoms with Crippen molar-refractivity contribution >= 4 is 11.4 Å². The fraction of sp³-hybridized carbons (Fsp3) is 0.133. The van der Waals surface area contributed by atoms with Gasteiger partial charge in [0.1, 0.15) is 5.82 Å². The second-order valence-corrected chi connectivity index (χ2v) is 4.52. The van der Waals surface area contributed by atoms with Crippen LogP contribution < -0.4 is 5.32 Å². The lowest BCUT2D eigenvalue weighted by Gasteiger charge is -2.16. The molecule has 2 rings (SSSR count). The minimum atomic E-state index is -0.578. The van der Waals surface area contributed by atoms with E-state index in [0.717, 1.165) is 23.8 Å². The summed E-state index contributed by atoms with van der Waals surface area (Å²) in [5.74, 6) is -0.566. The average Bonchev–Trinajstić information content (AvgIpc) is 2.49. The third-order valence-corrected chi connectivity index (χ3v) is 3.05. The molecule has 0 saturated carbocycles. The molecule has 0 radical (unpaired) electrons. The van der Waals surface area contributed by atoms with Gasteiger partial charge in [0.15, 0.2) is 0 Å². The second kappa shape index (κ2) is 6.01. The van der Waals surface area contributed by atoms with Crippen molar-refractivity contribution in [2.75, 3.05) is 5.32 Å². The van der Waals surface area contributed by atoms with Crippen molar-refractivity contribution in [3.8, 4) is 6.07 Å². The number of hydrogen-bond donors (Lipinski definition) is 1. The number of nitrogens with zero attached hydrogens (tertiary/aromatic N) is 2. The number of nitrogens with one attached hydrogen (secondary N) is 1. The van der Waals surface area contributed by atoms with Crippen molar-refractivity contribution in [1.29, 1.82) is 5.26 Å². The maximum absolute atomic E-state index is 13.7. The molecule has 5 nitrogen and oxygen atoms in total. The normalized spacial score (nSPS) is 11.5. The van der Waals surface area contributed by atoms with Crippen molar-refractivity contribution < 1.29 is 9.31 Å². The highest BCUT2D eigenvalue weighted by atomic mass is 19.1. The molecule has 0 aromatic heterocycles. The first-order valence-electron chi connectivity index (χ1n) is 6.22. The monoisotopic (exact) mass is 285 g/mol. The van der Waals surface area contributed by atoms with Gasteiger partial charge in [0.05, 0.1) is 22.2 Å². The van der Waals surface area contributed by atoms with Crippen molar-refractivity contribution in [1.82, 2.24) is 0 Å². The molecule has 2 aromatic carbocycles. The molecule has 6 heteroatoms. The van der Waals surface area contributed by atoms with Crippen LogP contribution in [0.2, 0.25) is 0 Å². The predicted octanol–water partition coefficient (Wildman–Crippen LogP) is 3.78. The summed E-state index contributed by atoms with van der Waals surface area (Å²) in [6.45, 7) is 1.79. The van der Waals surface area contributed by atoms with Crippen molar-refractivity contribution in [2.45, 2.75) is 13.0 Å². The lowest BCUT2D eigenvalue weighted by Crippen LogP contribution is -2.08. The first kappa shape index (κ1) is 14.5. The second-order valence-electron chi connectivity index (χ2n) is 4.52. The Morgan fingerprint density at radius 2 is 2.10 bits per heavy atom. The fourth-order valence-corrected chi connectivity index (χ4v) is 1.93. The van der Waals surface area contributed by atoms with Gasteiger partial charge in [-0.15, -0.1) is 0 Å². The van der Waals surface area contributed by atoms with E-state index < -0.39 is 10.7 Å². The molecule has 1 N–H and O–H groups in total. The van der Waals surface area contributed by atoms with Crippen LogP contribution in [-0.2, 0) is 0 Å². The third-order valence-electron chi connectivity index (χ3n) is 3.05. The first-order chi connectivity index (χ1) is 10.0. The number of nitro benzene ring substituents is 1. The zero-order valence-corrected chi connectivity index (χ0v) is 11.2. The molecule has 0 fully saturated rings. The van der Waals surface area contributed by atoms with E-state index in [1.165, 1.54) is 0 Å². The van der Waals surface area contributed by atoms with Gasteiger partial charge in [-0.1, -0.05) is 12.1 Å². The Labute approximate surface area is 120 Å². The summed E-state index contributed by atoms with van der Waals surface area (Å²) >= 11 is 0. The van der Waals surface area contributed by atoms with Gasteiger partial charge in [0.25, 0.3) is 5.69 Å². The minimum absolute atomic E-state index is 0.0547. The number of anilines is 1. The molecule has 1 unspecified atom stereocenters. The summed E-state index contributed by atoms with van der Waals surface area (Å²) in [5.41, 5.74) is 1.16. The van der Waals surface area contributed by atoms with Crippen LogP contribution in [0.25, 0.3) is 0 Å². The number of benzene rings is 2. The molecule has 106 valence electrons. The number of halogens is 1. The molecule has 0 spiro atoms. The van der Waals surface area contributed by atoms with Crippen molar-refractivity contribution in [3.63, 3.8) is 0 Å². The van der Waals surface area contributed by atoms with Crippen molar-refractivity contribution in [3.05, 3.63) is 69.5 Å². The summed E-state index contributed by atoms with van der Waals surface area (Å²) < 4.78 is 13.7. The van der Waals surface area contributed by atoms with Crippen molar-refractivity contribution in [2.24, 2.45) is 0 Å². The van der Waals surface area contributed by atoms with E-state index in [9.17, 15) is 14.5 Å². The van der Waals surface area contributed by atoms with Crippen LogP contribution in [0, 0.1) is 27.3 Å². The number of non-ortho nitro benzene ring substituents is 1. The molecule has 0 saturated heterocycles. The quantitative estimate of drug-likeness (QED) is 0.685. The van der Waals surface area contributed by atoms with E-state index in [-0.39, 0.29) is 17.4 Å². The van der Waals surface area contributed by atoms with E-state index in [0.29, 0.717) is 5.56 Å². The van der Waals surface area contributed by atoms with Crippen LogP contribution in [0.15, 0.2) is 42.5 Å². The van der Waals surface area contributed by atoms with E-state index >= 15 is 0 Å². The van der Waals surface area contributed by atoms with Crippen LogP contribution in [0.3, 0.4) is 0 Å². The van der Waals surface area contributed by atoms with Gasteiger partial charge in [-0.05, 0) is 30.7 Å². The van der Waals surface area contributed by atoms with E-state index in [2.05, 4.69) is 5.32 Å². The lowest BCUT2D eigenvalue weighted by atomic mass is 10.1. The zero-order valence-electron chi connectivity index (χ0n) is 11.2. The molecule has 0 bridgehead atoms. The molecule has 21 heavy (non-hydrogen) atoms. The zero-order chi connectivity index (χ0) is 15.4. The number of nitro groups is 1. The molecule has 0 aliphatic heterocycles. The summed E-state index contributed by atoms with van der Waals surface area (Å²) in [6, 6.07) is 11.9. The topological polar surface area (TPSA) is 79.0 Å². The molecule has 0 heterocycles. The van der Waals surface area contributed by atoms with Gasteiger partial charge in [-0.3, -0.25) is 10.1 Å². The highest BCUT2D eigenvalue weighted by Gasteiger charge is 2.13. The summed E-state index contributed by atoms with van der Waals surface area (Å²) in [7, 11) is 0. The summed E-state index contributed by atoms with van der Waals surface area (Å²) in [5, 5.41) is 22.5. The van der Waals surface area contributed by atoms with Gasteiger partial charge in [0.2, 0.25) is 0 Å². The van der Waals surface area contributed by atoms with E-state index in [1.54, 1.807) is 31.2 Å². The summed E-state index contributed by atoms with van der Waals surface area (Å²) in [6.07, 6.45) is 0. The first-order valence-corrected chi connectivity index (χ1v) is 6.22.